The zero-order valence-corrected chi connectivity index (χ0v) is 20.4. The van der Waals surface area contributed by atoms with Crippen molar-refractivity contribution in [2.24, 2.45) is 0 Å². The van der Waals surface area contributed by atoms with Crippen molar-refractivity contribution in [3.8, 4) is 16.8 Å². The summed E-state index contributed by atoms with van der Waals surface area (Å²) in [4.78, 5) is 16.8. The van der Waals surface area contributed by atoms with Crippen LogP contribution in [0.5, 0.6) is 0 Å². The van der Waals surface area contributed by atoms with Crippen molar-refractivity contribution >= 4 is 45.1 Å². The molecule has 1 aromatic carbocycles. The van der Waals surface area contributed by atoms with E-state index in [-0.39, 0.29) is 5.92 Å². The number of carboxylic acid groups (broad SMARTS) is 1. The first-order chi connectivity index (χ1) is 15.9. The molecule has 0 atom stereocenters. The number of thioether (sulfide) groups is 1. The van der Waals surface area contributed by atoms with Gasteiger partial charge in [-0.05, 0) is 60.0 Å². The second-order valence-corrected chi connectivity index (χ2v) is 10.3. The molecule has 3 aromatic heterocycles. The molecule has 170 valence electrons. The van der Waals surface area contributed by atoms with E-state index in [1.807, 2.05) is 47.5 Å². The van der Waals surface area contributed by atoms with E-state index < -0.39 is 10.7 Å². The van der Waals surface area contributed by atoms with Gasteiger partial charge in [-0.2, -0.15) is 14.7 Å². The highest BCUT2D eigenvalue weighted by atomic mass is 79.9. The summed E-state index contributed by atoms with van der Waals surface area (Å²) in [5, 5.41) is 18.7. The third-order valence-electron chi connectivity index (χ3n) is 6.52. The average molecular weight is 527 g/mol. The number of hydrogen-bond acceptors (Lipinski definition) is 6. The summed E-state index contributed by atoms with van der Waals surface area (Å²) in [6, 6.07) is 9.90. The molecule has 0 bridgehead atoms. The number of benzene rings is 1. The number of nitrogens with two attached hydrogens (primary N) is 1. The summed E-state index contributed by atoms with van der Waals surface area (Å²) in [7, 11) is 0. The SMILES string of the molecule is CS[C@]1(C(=O)O)CC[C@H](c2nc3c(-c4cnn(-c5ccccc5)c4)cnn3c(N)c2Br)CC1. The molecule has 5 rings (SSSR count). The van der Waals surface area contributed by atoms with E-state index in [0.29, 0.717) is 24.3 Å². The summed E-state index contributed by atoms with van der Waals surface area (Å²) >= 11 is 5.06. The fourth-order valence-corrected chi connectivity index (χ4v) is 5.93. The molecule has 0 spiro atoms. The molecule has 8 nitrogen and oxygen atoms in total. The number of nitrogens with zero attached hydrogens (tertiary/aromatic N) is 5. The van der Waals surface area contributed by atoms with Crippen molar-refractivity contribution < 1.29 is 9.90 Å². The molecule has 0 radical (unpaired) electrons. The minimum absolute atomic E-state index is 0.126. The van der Waals surface area contributed by atoms with E-state index in [2.05, 4.69) is 26.1 Å². The van der Waals surface area contributed by atoms with Crippen molar-refractivity contribution in [2.75, 3.05) is 12.0 Å². The van der Waals surface area contributed by atoms with Gasteiger partial charge in [0, 0.05) is 23.2 Å². The Morgan fingerprint density at radius 3 is 2.61 bits per heavy atom. The van der Waals surface area contributed by atoms with Gasteiger partial charge in [-0.15, -0.1) is 11.8 Å². The summed E-state index contributed by atoms with van der Waals surface area (Å²) in [6.07, 6.45) is 10.1. The van der Waals surface area contributed by atoms with Crippen LogP contribution in [0.1, 0.15) is 37.3 Å². The van der Waals surface area contributed by atoms with Gasteiger partial charge in [0.05, 0.1) is 28.2 Å². The molecule has 1 aliphatic rings. The number of hydrogen-bond donors (Lipinski definition) is 2. The maximum Gasteiger partial charge on any atom is 0.319 e. The zero-order valence-electron chi connectivity index (χ0n) is 18.0. The van der Waals surface area contributed by atoms with Gasteiger partial charge in [0.25, 0.3) is 0 Å². The van der Waals surface area contributed by atoms with Crippen LogP contribution >= 0.6 is 27.7 Å². The summed E-state index contributed by atoms with van der Waals surface area (Å²) in [5.41, 5.74) is 10.7. The maximum absolute atomic E-state index is 11.8. The van der Waals surface area contributed by atoms with Crippen molar-refractivity contribution in [3.05, 3.63) is 59.1 Å². The fourth-order valence-electron chi connectivity index (χ4n) is 4.53. The molecular weight excluding hydrogens is 504 g/mol. The van der Waals surface area contributed by atoms with Gasteiger partial charge in [-0.25, -0.2) is 9.67 Å². The third-order valence-corrected chi connectivity index (χ3v) is 8.70. The van der Waals surface area contributed by atoms with Gasteiger partial charge in [0.15, 0.2) is 5.65 Å². The van der Waals surface area contributed by atoms with Crippen LogP contribution in [0.15, 0.2) is 53.4 Å². The van der Waals surface area contributed by atoms with Crippen LogP contribution in [0.25, 0.3) is 22.5 Å². The van der Waals surface area contributed by atoms with Gasteiger partial charge >= 0.3 is 5.97 Å². The van der Waals surface area contributed by atoms with Gasteiger partial charge in [0.2, 0.25) is 0 Å². The van der Waals surface area contributed by atoms with Crippen LogP contribution in [-0.4, -0.2) is 46.5 Å². The largest absolute Gasteiger partial charge is 0.480 e. The van der Waals surface area contributed by atoms with Gasteiger partial charge in [0.1, 0.15) is 10.6 Å². The number of anilines is 1. The Hall–Kier alpha value is -2.85. The quantitative estimate of drug-likeness (QED) is 0.385. The first kappa shape index (κ1) is 22.0. The third kappa shape index (κ3) is 3.71. The van der Waals surface area contributed by atoms with E-state index in [1.165, 1.54) is 11.8 Å². The minimum atomic E-state index is -0.732. The Kier molecular flexibility index (Phi) is 5.65. The molecule has 1 saturated carbocycles. The molecule has 3 heterocycles. The Morgan fingerprint density at radius 1 is 1.21 bits per heavy atom. The highest BCUT2D eigenvalue weighted by Crippen LogP contribution is 2.46. The number of fused-ring (bicyclic) bond motifs is 1. The number of carbonyl (C=O) groups is 1. The topological polar surface area (TPSA) is 111 Å². The molecule has 1 fully saturated rings. The molecule has 0 unspecified atom stereocenters. The van der Waals surface area contributed by atoms with E-state index in [9.17, 15) is 9.90 Å². The fraction of sp³-hybridized carbons (Fsp3) is 0.304. The molecule has 0 amide bonds. The van der Waals surface area contributed by atoms with Crippen LogP contribution in [0.3, 0.4) is 0 Å². The summed E-state index contributed by atoms with van der Waals surface area (Å²) in [5.74, 6) is -0.123. The molecular formula is C23H23BrN6O2S. The van der Waals surface area contributed by atoms with Gasteiger partial charge in [-0.1, -0.05) is 18.2 Å². The first-order valence-corrected chi connectivity index (χ1v) is 12.7. The van der Waals surface area contributed by atoms with Crippen molar-refractivity contribution in [3.63, 3.8) is 0 Å². The highest BCUT2D eigenvalue weighted by molar-refractivity contribution is 9.10. The van der Waals surface area contributed by atoms with E-state index in [4.69, 9.17) is 10.7 Å². The van der Waals surface area contributed by atoms with Crippen molar-refractivity contribution in [2.45, 2.75) is 36.3 Å². The van der Waals surface area contributed by atoms with E-state index in [1.54, 1.807) is 16.9 Å². The molecule has 0 aliphatic heterocycles. The second-order valence-electron chi connectivity index (χ2n) is 8.28. The van der Waals surface area contributed by atoms with E-state index in [0.717, 1.165) is 39.8 Å². The number of carboxylic acids is 1. The Morgan fingerprint density at radius 2 is 1.94 bits per heavy atom. The van der Waals surface area contributed by atoms with Crippen LogP contribution < -0.4 is 5.73 Å². The normalized spacial score (nSPS) is 20.8. The van der Waals surface area contributed by atoms with Crippen molar-refractivity contribution in [1.82, 2.24) is 24.4 Å². The number of aromatic nitrogens is 5. The lowest BCUT2D eigenvalue weighted by molar-refractivity contribution is -0.140. The number of nitrogen functional groups attached to an aromatic ring is 1. The van der Waals surface area contributed by atoms with E-state index >= 15 is 0 Å². The number of aliphatic carboxylic acids is 1. The molecule has 1 aliphatic carbocycles. The molecule has 0 saturated heterocycles. The minimum Gasteiger partial charge on any atom is -0.480 e. The zero-order chi connectivity index (χ0) is 23.2. The number of rotatable bonds is 5. The van der Waals surface area contributed by atoms with Crippen molar-refractivity contribution in [1.29, 1.82) is 0 Å². The Bertz CT molecular complexity index is 1330. The smallest absolute Gasteiger partial charge is 0.319 e. The van der Waals surface area contributed by atoms with Crippen LogP contribution in [0, 0.1) is 0 Å². The lowest BCUT2D eigenvalue weighted by atomic mass is 9.79. The van der Waals surface area contributed by atoms with Crippen LogP contribution in [-0.2, 0) is 4.79 Å². The van der Waals surface area contributed by atoms with Gasteiger partial charge in [-0.3, -0.25) is 4.79 Å². The van der Waals surface area contributed by atoms with Crippen LogP contribution in [0.2, 0.25) is 0 Å². The van der Waals surface area contributed by atoms with Gasteiger partial charge < -0.3 is 10.8 Å². The summed E-state index contributed by atoms with van der Waals surface area (Å²) in [6.45, 7) is 0. The molecule has 4 aromatic rings. The highest BCUT2D eigenvalue weighted by Gasteiger charge is 2.42. The summed E-state index contributed by atoms with van der Waals surface area (Å²) < 4.78 is 3.46. The molecule has 33 heavy (non-hydrogen) atoms. The lowest BCUT2D eigenvalue weighted by Gasteiger charge is -2.35. The standard InChI is InChI=1S/C23H23BrN6O2S/c1-33-23(22(31)32)9-7-14(8-10-23)19-18(24)20(25)30-21(28-19)17(12-27-30)15-11-26-29(13-15)16-5-3-2-4-6-16/h2-6,11-14H,7-10,25H2,1H3,(H,31,32)/t14-,23+. The lowest BCUT2D eigenvalue weighted by Crippen LogP contribution is -2.38. The molecule has 3 N–H and O–H groups in total. The Balaban J connectivity index is 1.52. The monoisotopic (exact) mass is 526 g/mol. The predicted octanol–water partition coefficient (Wildman–Crippen LogP) is 4.77. The second kappa shape index (κ2) is 8.49. The predicted molar refractivity (Wildman–Crippen MR) is 133 cm³/mol. The number of halogens is 1. The first-order valence-electron chi connectivity index (χ1n) is 10.6. The average Bonchev–Trinajstić information content (AvgIpc) is 3.49. The number of para-hydroxylation sites is 1. The maximum atomic E-state index is 11.8. The Labute approximate surface area is 203 Å². The molecule has 10 heteroatoms. The van der Waals surface area contributed by atoms with Crippen LogP contribution in [0.4, 0.5) is 5.82 Å².